The van der Waals surface area contributed by atoms with Crippen LogP contribution in [-0.4, -0.2) is 53.2 Å². The molecule has 1 heterocycles. The van der Waals surface area contributed by atoms with E-state index in [0.717, 1.165) is 19.5 Å². The van der Waals surface area contributed by atoms with E-state index < -0.39 is 10.0 Å². The second-order valence-corrected chi connectivity index (χ2v) is 7.06. The van der Waals surface area contributed by atoms with Gasteiger partial charge < -0.3 is 15.4 Å². The number of ether oxygens (including phenoxy) is 1. The van der Waals surface area contributed by atoms with Gasteiger partial charge in [-0.1, -0.05) is 0 Å². The van der Waals surface area contributed by atoms with E-state index in [4.69, 9.17) is 10.5 Å². The number of hydrogen-bond donors (Lipinski definition) is 2. The van der Waals surface area contributed by atoms with Gasteiger partial charge in [0.15, 0.2) is 0 Å². The summed E-state index contributed by atoms with van der Waals surface area (Å²) in [7, 11) is 0.0128. The maximum Gasteiger partial charge on any atom is 0.241 e. The van der Waals surface area contributed by atoms with Crippen LogP contribution in [0.25, 0.3) is 0 Å². The maximum absolute atomic E-state index is 12.6. The Morgan fingerprint density at radius 3 is 2.81 bits per heavy atom. The maximum atomic E-state index is 12.6. The van der Waals surface area contributed by atoms with Gasteiger partial charge in [-0.2, -0.15) is 0 Å². The van der Waals surface area contributed by atoms with Crippen molar-refractivity contribution in [3.8, 4) is 5.75 Å². The summed E-state index contributed by atoms with van der Waals surface area (Å²) < 4.78 is 33.1. The highest BCUT2D eigenvalue weighted by molar-refractivity contribution is 7.89. The molecule has 1 aromatic rings. The molecule has 1 fully saturated rings. The van der Waals surface area contributed by atoms with Crippen molar-refractivity contribution < 1.29 is 13.2 Å². The van der Waals surface area contributed by atoms with E-state index in [1.807, 2.05) is 7.05 Å². The Kier molecular flexibility index (Phi) is 5.21. The van der Waals surface area contributed by atoms with Crippen LogP contribution in [0.5, 0.6) is 5.75 Å². The zero-order valence-corrected chi connectivity index (χ0v) is 13.3. The summed E-state index contributed by atoms with van der Waals surface area (Å²) in [4.78, 5) is 2.41. The van der Waals surface area contributed by atoms with Gasteiger partial charge in [-0.05, 0) is 56.7 Å². The van der Waals surface area contributed by atoms with Gasteiger partial charge in [0, 0.05) is 12.6 Å². The van der Waals surface area contributed by atoms with E-state index >= 15 is 0 Å². The minimum absolute atomic E-state index is 0.0344. The van der Waals surface area contributed by atoms with Crippen LogP contribution in [0, 0.1) is 0 Å². The van der Waals surface area contributed by atoms with E-state index in [2.05, 4.69) is 9.62 Å². The molecular formula is C14H23N3O3S. The lowest BCUT2D eigenvalue weighted by atomic mass is 10.1. The molecule has 0 aromatic heterocycles. The number of methoxy groups -OCH3 is 1. The fourth-order valence-electron chi connectivity index (χ4n) is 2.61. The molecular weight excluding hydrogens is 290 g/mol. The Balaban J connectivity index is 2.26. The first-order valence-electron chi connectivity index (χ1n) is 7.04. The van der Waals surface area contributed by atoms with Crippen molar-refractivity contribution in [3.63, 3.8) is 0 Å². The van der Waals surface area contributed by atoms with E-state index in [-0.39, 0.29) is 6.04 Å². The number of benzene rings is 1. The molecule has 0 saturated carbocycles. The monoisotopic (exact) mass is 313 g/mol. The molecule has 0 spiro atoms. The Morgan fingerprint density at radius 2 is 2.24 bits per heavy atom. The Bertz CT molecular complexity index is 589. The predicted molar refractivity (Wildman–Crippen MR) is 82.0 cm³/mol. The molecule has 1 aliphatic heterocycles. The molecule has 118 valence electrons. The van der Waals surface area contributed by atoms with Gasteiger partial charge in [0.05, 0.1) is 12.0 Å². The Hall–Kier alpha value is -1.15. The van der Waals surface area contributed by atoms with Gasteiger partial charge in [0.1, 0.15) is 5.75 Å². The second-order valence-electron chi connectivity index (χ2n) is 5.38. The number of sulfonamides is 1. The highest BCUT2D eigenvalue weighted by atomic mass is 32.2. The lowest BCUT2D eigenvalue weighted by Gasteiger charge is -2.16. The third kappa shape index (κ3) is 3.94. The van der Waals surface area contributed by atoms with Crippen LogP contribution in [0.2, 0.25) is 0 Å². The highest BCUT2D eigenvalue weighted by Gasteiger charge is 2.27. The molecule has 2 rings (SSSR count). The quantitative estimate of drug-likeness (QED) is 0.782. The largest absolute Gasteiger partial charge is 0.497 e. The molecule has 1 aromatic carbocycles. The normalized spacial score (nSPS) is 19.9. The molecule has 3 N–H and O–H groups in total. The molecule has 6 nitrogen and oxygen atoms in total. The van der Waals surface area contributed by atoms with Crippen LogP contribution < -0.4 is 15.2 Å². The van der Waals surface area contributed by atoms with E-state index in [9.17, 15) is 8.42 Å². The lowest BCUT2D eigenvalue weighted by molar-refractivity contribution is 0.407. The molecule has 1 unspecified atom stereocenters. The first kappa shape index (κ1) is 16.2. The SMILES string of the molecule is COc1ccc(S(=O)(=O)NC2CCN(C)C2)c(CCN)c1. The number of hydrogen-bond acceptors (Lipinski definition) is 5. The van der Waals surface area contributed by atoms with Gasteiger partial charge in [0.25, 0.3) is 0 Å². The molecule has 0 amide bonds. The summed E-state index contributed by atoms with van der Waals surface area (Å²) in [5, 5.41) is 0. The van der Waals surface area contributed by atoms with Crippen molar-refractivity contribution in [1.29, 1.82) is 0 Å². The number of nitrogens with zero attached hydrogens (tertiary/aromatic N) is 1. The summed E-state index contributed by atoms with van der Waals surface area (Å²) in [6, 6.07) is 4.95. The van der Waals surface area contributed by atoms with E-state index in [0.29, 0.717) is 29.2 Å². The number of rotatable bonds is 6. The summed E-state index contributed by atoms with van der Waals surface area (Å²) in [5.41, 5.74) is 6.27. The summed E-state index contributed by atoms with van der Waals surface area (Å²) in [6.45, 7) is 2.04. The number of likely N-dealkylation sites (N-methyl/N-ethyl adjacent to an activating group) is 1. The van der Waals surface area contributed by atoms with Crippen LogP contribution in [0.15, 0.2) is 23.1 Å². The fraction of sp³-hybridized carbons (Fsp3) is 0.571. The minimum atomic E-state index is -3.53. The third-order valence-corrected chi connectivity index (χ3v) is 5.30. The Morgan fingerprint density at radius 1 is 1.48 bits per heavy atom. The number of likely N-dealkylation sites (tertiary alicyclic amines) is 1. The molecule has 0 aliphatic carbocycles. The van der Waals surface area contributed by atoms with Crippen molar-refractivity contribution in [1.82, 2.24) is 9.62 Å². The first-order chi connectivity index (χ1) is 9.96. The molecule has 1 saturated heterocycles. The van der Waals surface area contributed by atoms with Crippen LogP contribution >= 0.6 is 0 Å². The zero-order valence-electron chi connectivity index (χ0n) is 12.5. The average Bonchev–Trinajstić information content (AvgIpc) is 2.83. The number of nitrogens with one attached hydrogen (secondary N) is 1. The van der Waals surface area contributed by atoms with Crippen LogP contribution in [0.3, 0.4) is 0 Å². The smallest absolute Gasteiger partial charge is 0.241 e. The minimum Gasteiger partial charge on any atom is -0.497 e. The standard InChI is InChI=1S/C14H23N3O3S/c1-17-8-6-12(10-17)16-21(18,19)14-4-3-13(20-2)9-11(14)5-7-15/h3-4,9,12,16H,5-8,10,15H2,1-2H3. The first-order valence-corrected chi connectivity index (χ1v) is 8.52. The van der Waals surface area contributed by atoms with Gasteiger partial charge >= 0.3 is 0 Å². The van der Waals surface area contributed by atoms with Crippen molar-refractivity contribution in [2.45, 2.75) is 23.8 Å². The summed E-state index contributed by atoms with van der Waals surface area (Å²) in [5.74, 6) is 0.637. The van der Waals surface area contributed by atoms with Crippen molar-refractivity contribution in [2.75, 3.05) is 33.8 Å². The van der Waals surface area contributed by atoms with Crippen molar-refractivity contribution in [2.24, 2.45) is 5.73 Å². The van der Waals surface area contributed by atoms with Crippen LogP contribution in [-0.2, 0) is 16.4 Å². The van der Waals surface area contributed by atoms with Crippen molar-refractivity contribution >= 4 is 10.0 Å². The Labute approximate surface area is 126 Å². The van der Waals surface area contributed by atoms with Gasteiger partial charge in [0.2, 0.25) is 10.0 Å². The highest BCUT2D eigenvalue weighted by Crippen LogP contribution is 2.23. The molecule has 21 heavy (non-hydrogen) atoms. The second kappa shape index (κ2) is 6.74. The molecule has 1 atom stereocenters. The lowest BCUT2D eigenvalue weighted by Crippen LogP contribution is -2.37. The average molecular weight is 313 g/mol. The topological polar surface area (TPSA) is 84.7 Å². The van der Waals surface area contributed by atoms with Crippen molar-refractivity contribution in [3.05, 3.63) is 23.8 Å². The van der Waals surface area contributed by atoms with E-state index in [1.165, 1.54) is 0 Å². The van der Waals surface area contributed by atoms with Gasteiger partial charge in [-0.25, -0.2) is 13.1 Å². The molecule has 1 aliphatic rings. The van der Waals surface area contributed by atoms with Gasteiger partial charge in [-0.3, -0.25) is 0 Å². The summed E-state index contributed by atoms with van der Waals surface area (Å²) in [6.07, 6.45) is 1.33. The zero-order chi connectivity index (χ0) is 15.5. The molecule has 7 heteroatoms. The van der Waals surface area contributed by atoms with Crippen LogP contribution in [0.4, 0.5) is 0 Å². The summed E-state index contributed by atoms with van der Waals surface area (Å²) >= 11 is 0. The third-order valence-electron chi connectivity index (χ3n) is 3.68. The van der Waals surface area contributed by atoms with Gasteiger partial charge in [-0.15, -0.1) is 0 Å². The number of nitrogens with two attached hydrogens (primary N) is 1. The molecule has 0 radical (unpaired) electrons. The fourth-order valence-corrected chi connectivity index (χ4v) is 4.12. The van der Waals surface area contributed by atoms with E-state index in [1.54, 1.807) is 25.3 Å². The predicted octanol–water partition coefficient (Wildman–Crippen LogP) is 0.179. The van der Waals surface area contributed by atoms with Crippen LogP contribution in [0.1, 0.15) is 12.0 Å². The molecule has 0 bridgehead atoms.